The SMILES string of the molecule is CCNCC1CCN(C(=O)c2csc(-c3ccoc3)n2)CC1. The van der Waals surface area contributed by atoms with Crippen LogP contribution < -0.4 is 5.32 Å². The van der Waals surface area contributed by atoms with Gasteiger partial charge in [0, 0.05) is 24.0 Å². The fraction of sp³-hybridized carbons (Fsp3) is 0.500. The molecule has 5 nitrogen and oxygen atoms in total. The lowest BCUT2D eigenvalue weighted by atomic mass is 9.96. The fourth-order valence-corrected chi connectivity index (χ4v) is 3.52. The molecule has 1 amide bonds. The summed E-state index contributed by atoms with van der Waals surface area (Å²) >= 11 is 1.48. The maximum absolute atomic E-state index is 12.5. The number of hydrogen-bond acceptors (Lipinski definition) is 5. The standard InChI is InChI=1S/C16H21N3O2S/c1-2-17-9-12-3-6-19(7-4-12)16(20)14-11-22-15(18-14)13-5-8-21-10-13/h5,8,10-12,17H,2-4,6-7,9H2,1H3. The van der Waals surface area contributed by atoms with Gasteiger partial charge in [0.15, 0.2) is 0 Å². The highest BCUT2D eigenvalue weighted by Crippen LogP contribution is 2.25. The lowest BCUT2D eigenvalue weighted by molar-refractivity contribution is 0.0685. The molecule has 1 N–H and O–H groups in total. The minimum absolute atomic E-state index is 0.0490. The quantitative estimate of drug-likeness (QED) is 0.920. The second-order valence-corrected chi connectivity index (χ2v) is 6.45. The topological polar surface area (TPSA) is 58.4 Å². The van der Waals surface area contributed by atoms with Crippen LogP contribution in [-0.2, 0) is 0 Å². The van der Waals surface area contributed by atoms with E-state index in [1.165, 1.54) is 11.3 Å². The Morgan fingerprint density at radius 1 is 1.50 bits per heavy atom. The molecule has 0 spiro atoms. The van der Waals surface area contributed by atoms with Gasteiger partial charge in [-0.3, -0.25) is 4.79 Å². The highest BCUT2D eigenvalue weighted by atomic mass is 32.1. The molecule has 6 heteroatoms. The first-order valence-electron chi connectivity index (χ1n) is 7.76. The second-order valence-electron chi connectivity index (χ2n) is 5.59. The lowest BCUT2D eigenvalue weighted by Gasteiger charge is -2.31. The smallest absolute Gasteiger partial charge is 0.273 e. The van der Waals surface area contributed by atoms with E-state index in [1.807, 2.05) is 16.3 Å². The summed E-state index contributed by atoms with van der Waals surface area (Å²) in [6.07, 6.45) is 5.40. The molecule has 0 bridgehead atoms. The Kier molecular flexibility index (Phi) is 4.90. The summed E-state index contributed by atoms with van der Waals surface area (Å²) in [5.41, 5.74) is 1.47. The van der Waals surface area contributed by atoms with Crippen LogP contribution in [0, 0.1) is 5.92 Å². The van der Waals surface area contributed by atoms with Crippen molar-refractivity contribution < 1.29 is 9.21 Å². The average Bonchev–Trinajstić information content (AvgIpc) is 3.23. The van der Waals surface area contributed by atoms with Crippen LogP contribution >= 0.6 is 11.3 Å². The number of hydrogen-bond donors (Lipinski definition) is 1. The normalized spacial score (nSPS) is 16.1. The van der Waals surface area contributed by atoms with Gasteiger partial charge in [-0.2, -0.15) is 0 Å². The molecule has 0 atom stereocenters. The van der Waals surface area contributed by atoms with E-state index in [1.54, 1.807) is 12.5 Å². The van der Waals surface area contributed by atoms with Crippen LogP contribution in [0.3, 0.4) is 0 Å². The van der Waals surface area contributed by atoms with E-state index in [-0.39, 0.29) is 5.91 Å². The minimum atomic E-state index is 0.0490. The van der Waals surface area contributed by atoms with Crippen molar-refractivity contribution >= 4 is 17.2 Å². The molecule has 0 aromatic carbocycles. The molecule has 1 saturated heterocycles. The Hall–Kier alpha value is -1.66. The fourth-order valence-electron chi connectivity index (χ4n) is 2.74. The molecule has 3 heterocycles. The van der Waals surface area contributed by atoms with Crippen LogP contribution in [0.2, 0.25) is 0 Å². The molecule has 0 unspecified atom stereocenters. The maximum atomic E-state index is 12.5. The summed E-state index contributed by atoms with van der Waals surface area (Å²) in [5, 5.41) is 6.06. The lowest BCUT2D eigenvalue weighted by Crippen LogP contribution is -2.40. The highest BCUT2D eigenvalue weighted by Gasteiger charge is 2.25. The third kappa shape index (κ3) is 3.39. The van der Waals surface area contributed by atoms with Gasteiger partial charge >= 0.3 is 0 Å². The van der Waals surface area contributed by atoms with Gasteiger partial charge in [-0.15, -0.1) is 11.3 Å². The van der Waals surface area contributed by atoms with Gasteiger partial charge < -0.3 is 14.6 Å². The number of nitrogens with one attached hydrogen (secondary N) is 1. The third-order valence-electron chi connectivity index (χ3n) is 4.08. The Labute approximate surface area is 134 Å². The molecule has 0 saturated carbocycles. The van der Waals surface area contributed by atoms with Crippen molar-refractivity contribution in [3.05, 3.63) is 29.7 Å². The number of furan rings is 1. The number of carbonyl (C=O) groups is 1. The summed E-state index contributed by atoms with van der Waals surface area (Å²) in [7, 11) is 0. The monoisotopic (exact) mass is 319 g/mol. The summed E-state index contributed by atoms with van der Waals surface area (Å²) in [6, 6.07) is 1.86. The predicted molar refractivity (Wildman–Crippen MR) is 87.0 cm³/mol. The molecular weight excluding hydrogens is 298 g/mol. The minimum Gasteiger partial charge on any atom is -0.472 e. The van der Waals surface area contributed by atoms with Gasteiger partial charge in [0.05, 0.1) is 6.26 Å². The molecule has 2 aromatic rings. The van der Waals surface area contributed by atoms with E-state index in [0.717, 1.165) is 49.6 Å². The summed E-state index contributed by atoms with van der Waals surface area (Å²) < 4.78 is 5.06. The molecule has 1 aliphatic rings. The van der Waals surface area contributed by atoms with Crippen LogP contribution in [0.4, 0.5) is 0 Å². The predicted octanol–water partition coefficient (Wildman–Crippen LogP) is 2.86. The Balaban J connectivity index is 1.58. The van der Waals surface area contributed by atoms with Gasteiger partial charge in [-0.25, -0.2) is 4.98 Å². The summed E-state index contributed by atoms with van der Waals surface area (Å²) in [5.74, 6) is 0.730. The van der Waals surface area contributed by atoms with Gasteiger partial charge in [0.1, 0.15) is 17.0 Å². The zero-order valence-electron chi connectivity index (χ0n) is 12.7. The van der Waals surface area contributed by atoms with Crippen LogP contribution in [-0.4, -0.2) is 42.0 Å². The number of likely N-dealkylation sites (tertiary alicyclic amines) is 1. The van der Waals surface area contributed by atoms with Gasteiger partial charge in [0.25, 0.3) is 5.91 Å². The van der Waals surface area contributed by atoms with Gasteiger partial charge in [0.2, 0.25) is 0 Å². The van der Waals surface area contributed by atoms with Crippen molar-refractivity contribution in [3.8, 4) is 10.6 Å². The summed E-state index contributed by atoms with van der Waals surface area (Å²) in [6.45, 7) is 5.84. The van der Waals surface area contributed by atoms with Crippen LogP contribution in [0.5, 0.6) is 0 Å². The molecule has 0 radical (unpaired) electrons. The zero-order valence-corrected chi connectivity index (χ0v) is 13.6. The number of aromatic nitrogens is 1. The average molecular weight is 319 g/mol. The zero-order chi connectivity index (χ0) is 15.4. The third-order valence-corrected chi connectivity index (χ3v) is 4.97. The summed E-state index contributed by atoms with van der Waals surface area (Å²) in [4.78, 5) is 18.9. The number of amides is 1. The van der Waals surface area contributed by atoms with E-state index in [2.05, 4.69) is 17.2 Å². The molecule has 1 fully saturated rings. The van der Waals surface area contributed by atoms with Gasteiger partial charge in [-0.1, -0.05) is 6.92 Å². The van der Waals surface area contributed by atoms with Crippen molar-refractivity contribution in [1.29, 1.82) is 0 Å². The molecule has 118 valence electrons. The van der Waals surface area contributed by atoms with Crippen molar-refractivity contribution in [2.24, 2.45) is 5.92 Å². The first-order valence-corrected chi connectivity index (χ1v) is 8.64. The first-order chi connectivity index (χ1) is 10.8. The molecule has 0 aliphatic carbocycles. The Morgan fingerprint density at radius 2 is 2.32 bits per heavy atom. The second kappa shape index (κ2) is 7.07. The van der Waals surface area contributed by atoms with Crippen molar-refractivity contribution in [2.45, 2.75) is 19.8 Å². The molecule has 3 rings (SSSR count). The number of rotatable bonds is 5. The maximum Gasteiger partial charge on any atom is 0.273 e. The molecule has 1 aliphatic heterocycles. The largest absolute Gasteiger partial charge is 0.472 e. The highest BCUT2D eigenvalue weighted by molar-refractivity contribution is 7.13. The molecule has 2 aromatic heterocycles. The van der Waals surface area contributed by atoms with E-state index in [0.29, 0.717) is 11.6 Å². The number of carbonyl (C=O) groups excluding carboxylic acids is 1. The molecular formula is C16H21N3O2S. The van der Waals surface area contributed by atoms with Crippen molar-refractivity contribution in [3.63, 3.8) is 0 Å². The van der Waals surface area contributed by atoms with Crippen molar-refractivity contribution in [1.82, 2.24) is 15.2 Å². The van der Waals surface area contributed by atoms with Crippen molar-refractivity contribution in [2.75, 3.05) is 26.2 Å². The Morgan fingerprint density at radius 3 is 3.00 bits per heavy atom. The number of thiazole rings is 1. The molecule has 22 heavy (non-hydrogen) atoms. The van der Waals surface area contributed by atoms with Crippen LogP contribution in [0.1, 0.15) is 30.3 Å². The Bertz CT molecular complexity index is 601. The van der Waals surface area contributed by atoms with E-state index in [9.17, 15) is 4.79 Å². The van der Waals surface area contributed by atoms with Crippen LogP contribution in [0.15, 0.2) is 28.4 Å². The van der Waals surface area contributed by atoms with E-state index in [4.69, 9.17) is 4.42 Å². The van der Waals surface area contributed by atoms with E-state index >= 15 is 0 Å². The number of piperidine rings is 1. The first kappa shape index (κ1) is 15.2. The van der Waals surface area contributed by atoms with Gasteiger partial charge in [-0.05, 0) is 37.9 Å². The van der Waals surface area contributed by atoms with Crippen LogP contribution in [0.25, 0.3) is 10.6 Å². The number of nitrogens with zero attached hydrogens (tertiary/aromatic N) is 2. The van der Waals surface area contributed by atoms with E-state index < -0.39 is 0 Å².